The Hall–Kier alpha value is -0.500. The molecule has 0 radical (unpaired) electrons. The number of aryl methyl sites for hydroxylation is 1. The van der Waals surface area contributed by atoms with Crippen molar-refractivity contribution in [2.75, 3.05) is 5.75 Å². The molecule has 0 fully saturated rings. The van der Waals surface area contributed by atoms with Gasteiger partial charge in [0.25, 0.3) is 0 Å². The molecule has 70 valence electrons. The standard InChI is InChI=1S/C11H15NS/c1-8(2)10-4-3-9-7-13-6-5-11(9)12-10/h3-4,8H,5-7H2,1-2H3. The molecule has 0 aliphatic carbocycles. The second-order valence-electron chi connectivity index (χ2n) is 3.80. The summed E-state index contributed by atoms with van der Waals surface area (Å²) in [6.45, 7) is 4.40. The van der Waals surface area contributed by atoms with Crippen LogP contribution in [0.4, 0.5) is 0 Å². The summed E-state index contributed by atoms with van der Waals surface area (Å²) in [5, 5.41) is 0. The lowest BCUT2D eigenvalue weighted by molar-refractivity contribution is 0.801. The quantitative estimate of drug-likeness (QED) is 0.680. The molecule has 0 amide bonds. The molecule has 13 heavy (non-hydrogen) atoms. The van der Waals surface area contributed by atoms with E-state index >= 15 is 0 Å². The Morgan fingerprint density at radius 2 is 2.23 bits per heavy atom. The fraction of sp³-hybridized carbons (Fsp3) is 0.545. The summed E-state index contributed by atoms with van der Waals surface area (Å²) in [7, 11) is 0. The van der Waals surface area contributed by atoms with Crippen LogP contribution in [0.25, 0.3) is 0 Å². The number of pyridine rings is 1. The van der Waals surface area contributed by atoms with Gasteiger partial charge in [-0.25, -0.2) is 0 Å². The van der Waals surface area contributed by atoms with Crippen molar-refractivity contribution in [1.29, 1.82) is 0 Å². The van der Waals surface area contributed by atoms with Gasteiger partial charge in [-0.05, 0) is 29.7 Å². The van der Waals surface area contributed by atoms with Gasteiger partial charge in [-0.15, -0.1) is 0 Å². The molecule has 1 aromatic rings. The van der Waals surface area contributed by atoms with E-state index in [1.54, 1.807) is 0 Å². The third kappa shape index (κ3) is 1.88. The number of hydrogen-bond acceptors (Lipinski definition) is 2. The Morgan fingerprint density at radius 1 is 1.38 bits per heavy atom. The van der Waals surface area contributed by atoms with Gasteiger partial charge in [-0.1, -0.05) is 19.9 Å². The van der Waals surface area contributed by atoms with Gasteiger partial charge in [0, 0.05) is 17.1 Å². The fourth-order valence-corrected chi connectivity index (χ4v) is 2.53. The highest BCUT2D eigenvalue weighted by molar-refractivity contribution is 7.98. The highest BCUT2D eigenvalue weighted by Crippen LogP contribution is 2.24. The maximum Gasteiger partial charge on any atom is 0.0455 e. The van der Waals surface area contributed by atoms with Crippen molar-refractivity contribution in [3.63, 3.8) is 0 Å². The fourth-order valence-electron chi connectivity index (χ4n) is 1.57. The summed E-state index contributed by atoms with van der Waals surface area (Å²) < 4.78 is 0. The maximum absolute atomic E-state index is 4.70. The van der Waals surface area contributed by atoms with Crippen molar-refractivity contribution in [2.45, 2.75) is 31.9 Å². The zero-order valence-corrected chi connectivity index (χ0v) is 9.03. The van der Waals surface area contributed by atoms with Crippen LogP contribution in [0, 0.1) is 0 Å². The summed E-state index contributed by atoms with van der Waals surface area (Å²) >= 11 is 2.01. The lowest BCUT2D eigenvalue weighted by Gasteiger charge is -2.16. The van der Waals surface area contributed by atoms with E-state index in [2.05, 4.69) is 26.0 Å². The molecular formula is C11H15NS. The molecule has 1 aromatic heterocycles. The molecular weight excluding hydrogens is 178 g/mol. The highest BCUT2D eigenvalue weighted by Gasteiger charge is 2.11. The molecule has 2 heteroatoms. The third-order valence-electron chi connectivity index (χ3n) is 2.42. The van der Waals surface area contributed by atoms with E-state index in [9.17, 15) is 0 Å². The smallest absolute Gasteiger partial charge is 0.0455 e. The lowest BCUT2D eigenvalue weighted by atomic mass is 10.1. The first-order chi connectivity index (χ1) is 6.27. The molecule has 0 aromatic carbocycles. The number of aromatic nitrogens is 1. The summed E-state index contributed by atoms with van der Waals surface area (Å²) in [4.78, 5) is 4.70. The summed E-state index contributed by atoms with van der Waals surface area (Å²) in [6.07, 6.45) is 1.15. The van der Waals surface area contributed by atoms with Crippen molar-refractivity contribution < 1.29 is 0 Å². The topological polar surface area (TPSA) is 12.9 Å². The summed E-state index contributed by atoms with van der Waals surface area (Å²) in [6, 6.07) is 4.43. The number of thioether (sulfide) groups is 1. The Labute approximate surface area is 84.0 Å². The second kappa shape index (κ2) is 3.70. The van der Waals surface area contributed by atoms with Crippen LogP contribution in [-0.2, 0) is 12.2 Å². The van der Waals surface area contributed by atoms with E-state index in [1.807, 2.05) is 11.8 Å². The van der Waals surface area contributed by atoms with Crippen molar-refractivity contribution in [2.24, 2.45) is 0 Å². The van der Waals surface area contributed by atoms with Crippen LogP contribution >= 0.6 is 11.8 Å². The molecule has 2 rings (SSSR count). The van der Waals surface area contributed by atoms with Crippen LogP contribution < -0.4 is 0 Å². The monoisotopic (exact) mass is 193 g/mol. The van der Waals surface area contributed by atoms with E-state index < -0.39 is 0 Å². The van der Waals surface area contributed by atoms with Gasteiger partial charge in [0.05, 0.1) is 0 Å². The predicted octanol–water partition coefficient (Wildman–Crippen LogP) is 2.99. The molecule has 0 unspecified atom stereocenters. The average Bonchev–Trinajstić information content (AvgIpc) is 2.17. The SMILES string of the molecule is CC(C)c1ccc2c(n1)CCSC2. The number of rotatable bonds is 1. The van der Waals surface area contributed by atoms with E-state index in [0.717, 1.165) is 12.2 Å². The molecule has 0 spiro atoms. The molecule has 0 saturated carbocycles. The van der Waals surface area contributed by atoms with E-state index in [0.29, 0.717) is 5.92 Å². The Bertz CT molecular complexity index is 307. The van der Waals surface area contributed by atoms with Crippen LogP contribution in [-0.4, -0.2) is 10.7 Å². The number of fused-ring (bicyclic) bond motifs is 1. The second-order valence-corrected chi connectivity index (χ2v) is 4.90. The maximum atomic E-state index is 4.70. The van der Waals surface area contributed by atoms with E-state index in [4.69, 9.17) is 4.98 Å². The van der Waals surface area contributed by atoms with Crippen LogP contribution in [0.2, 0.25) is 0 Å². The van der Waals surface area contributed by atoms with Gasteiger partial charge in [0.1, 0.15) is 0 Å². The van der Waals surface area contributed by atoms with Gasteiger partial charge < -0.3 is 0 Å². The normalized spacial score (nSPS) is 15.9. The number of hydrogen-bond donors (Lipinski definition) is 0. The minimum absolute atomic E-state index is 0.555. The molecule has 0 N–H and O–H groups in total. The first kappa shape index (κ1) is 9.07. The summed E-state index contributed by atoms with van der Waals surface area (Å²) in [5.74, 6) is 2.95. The van der Waals surface area contributed by atoms with Crippen molar-refractivity contribution in [1.82, 2.24) is 4.98 Å². The predicted molar refractivity (Wildman–Crippen MR) is 58.2 cm³/mol. The Kier molecular flexibility index (Phi) is 2.58. The Balaban J connectivity index is 2.35. The van der Waals surface area contributed by atoms with Crippen molar-refractivity contribution in [3.05, 3.63) is 29.1 Å². The third-order valence-corrected chi connectivity index (χ3v) is 3.43. The first-order valence-electron chi connectivity index (χ1n) is 4.84. The van der Waals surface area contributed by atoms with E-state index in [-0.39, 0.29) is 0 Å². The zero-order valence-electron chi connectivity index (χ0n) is 8.21. The minimum atomic E-state index is 0.555. The molecule has 0 bridgehead atoms. The Morgan fingerprint density at radius 3 is 3.00 bits per heavy atom. The largest absolute Gasteiger partial charge is 0.257 e. The van der Waals surface area contributed by atoms with Crippen molar-refractivity contribution >= 4 is 11.8 Å². The van der Waals surface area contributed by atoms with Gasteiger partial charge in [-0.3, -0.25) is 4.98 Å². The van der Waals surface area contributed by atoms with Gasteiger partial charge >= 0.3 is 0 Å². The van der Waals surface area contributed by atoms with Crippen LogP contribution in [0.5, 0.6) is 0 Å². The van der Waals surface area contributed by atoms with Gasteiger partial charge in [-0.2, -0.15) is 11.8 Å². The minimum Gasteiger partial charge on any atom is -0.257 e. The molecule has 1 aliphatic heterocycles. The molecule has 1 aliphatic rings. The van der Waals surface area contributed by atoms with Crippen LogP contribution in [0.1, 0.15) is 36.7 Å². The summed E-state index contributed by atoms with van der Waals surface area (Å²) in [5.41, 5.74) is 4.02. The van der Waals surface area contributed by atoms with Crippen molar-refractivity contribution in [3.8, 4) is 0 Å². The van der Waals surface area contributed by atoms with Gasteiger partial charge in [0.15, 0.2) is 0 Å². The van der Waals surface area contributed by atoms with E-state index in [1.165, 1.54) is 22.7 Å². The molecule has 2 heterocycles. The lowest BCUT2D eigenvalue weighted by Crippen LogP contribution is -2.07. The van der Waals surface area contributed by atoms with Crippen LogP contribution in [0.15, 0.2) is 12.1 Å². The number of nitrogens with zero attached hydrogens (tertiary/aromatic N) is 1. The highest BCUT2D eigenvalue weighted by atomic mass is 32.2. The molecule has 0 atom stereocenters. The average molecular weight is 193 g/mol. The van der Waals surface area contributed by atoms with Gasteiger partial charge in [0.2, 0.25) is 0 Å². The molecule has 0 saturated heterocycles. The first-order valence-corrected chi connectivity index (χ1v) is 5.99. The van der Waals surface area contributed by atoms with Crippen LogP contribution in [0.3, 0.4) is 0 Å². The molecule has 1 nitrogen and oxygen atoms in total. The zero-order chi connectivity index (χ0) is 9.26.